The van der Waals surface area contributed by atoms with Crippen molar-refractivity contribution in [3.05, 3.63) is 100 Å². The van der Waals surface area contributed by atoms with E-state index in [0.29, 0.717) is 23.4 Å². The van der Waals surface area contributed by atoms with Gasteiger partial charge in [-0.15, -0.1) is 0 Å². The molecule has 1 N–H and O–H groups in total. The topological polar surface area (TPSA) is 64.3 Å². The number of hydrogen-bond donors (Lipinski definition) is 1. The highest BCUT2D eigenvalue weighted by atomic mass is 19.4. The fourth-order valence-electron chi connectivity index (χ4n) is 3.86. The van der Waals surface area contributed by atoms with Crippen molar-refractivity contribution in [2.45, 2.75) is 24.4 Å². The minimum absolute atomic E-state index is 0.0402. The largest absolute Gasteiger partial charge is 0.497 e. The van der Waals surface area contributed by atoms with Crippen molar-refractivity contribution in [3.8, 4) is 11.4 Å². The minimum atomic E-state index is -6.07. The quantitative estimate of drug-likeness (QED) is 0.372. The van der Waals surface area contributed by atoms with Gasteiger partial charge in [-0.2, -0.15) is 26.3 Å². The van der Waals surface area contributed by atoms with E-state index in [9.17, 15) is 36.2 Å². The summed E-state index contributed by atoms with van der Waals surface area (Å²) in [5, 5.41) is 9.91. The lowest BCUT2D eigenvalue weighted by molar-refractivity contribution is -0.376. The molecule has 0 aliphatic carbocycles. The summed E-state index contributed by atoms with van der Waals surface area (Å²) in [5.74, 6) is 0.379. The van der Waals surface area contributed by atoms with E-state index in [-0.39, 0.29) is 28.8 Å². The van der Waals surface area contributed by atoms with Gasteiger partial charge in [0, 0.05) is 12.0 Å². The van der Waals surface area contributed by atoms with E-state index in [1.54, 1.807) is 36.4 Å². The van der Waals surface area contributed by atoms with Crippen LogP contribution in [0.15, 0.2) is 77.6 Å². The van der Waals surface area contributed by atoms with E-state index in [2.05, 4.69) is 4.98 Å². The summed E-state index contributed by atoms with van der Waals surface area (Å²) < 4.78 is 87.0. The second-order valence-corrected chi connectivity index (χ2v) is 7.97. The Labute approximate surface area is 200 Å². The first-order valence-electron chi connectivity index (χ1n) is 10.5. The molecule has 5 nitrogen and oxygen atoms in total. The second kappa shape index (κ2) is 8.98. The van der Waals surface area contributed by atoms with Gasteiger partial charge in [0.1, 0.15) is 11.6 Å². The Morgan fingerprint density at radius 2 is 1.56 bits per heavy atom. The third-order valence-electron chi connectivity index (χ3n) is 5.69. The van der Waals surface area contributed by atoms with Gasteiger partial charge in [-0.3, -0.25) is 9.36 Å². The van der Waals surface area contributed by atoms with Crippen molar-refractivity contribution in [2.75, 3.05) is 7.11 Å². The van der Waals surface area contributed by atoms with E-state index in [0.717, 1.165) is 10.6 Å². The number of benzene rings is 3. The maximum atomic E-state index is 13.5. The van der Waals surface area contributed by atoms with Crippen LogP contribution in [0.3, 0.4) is 0 Å². The fourth-order valence-corrected chi connectivity index (χ4v) is 3.86. The van der Waals surface area contributed by atoms with E-state index in [4.69, 9.17) is 4.74 Å². The SMILES string of the molecule is COc1ccc2nc(Cc3ccccc3)n(-c3cccc(C(O)(C(F)(F)F)C(F)(F)F)c3)c(=O)c2c1. The normalized spacial score (nSPS) is 12.7. The van der Waals surface area contributed by atoms with Crippen LogP contribution in [0.2, 0.25) is 0 Å². The van der Waals surface area contributed by atoms with Gasteiger partial charge in [-0.05, 0) is 35.9 Å². The monoisotopic (exact) mass is 508 g/mol. The van der Waals surface area contributed by atoms with Gasteiger partial charge >= 0.3 is 12.4 Å². The first-order chi connectivity index (χ1) is 16.9. The van der Waals surface area contributed by atoms with Crippen LogP contribution in [0.25, 0.3) is 16.6 Å². The number of nitrogens with zero attached hydrogens (tertiary/aromatic N) is 2. The number of ether oxygens (including phenoxy) is 1. The van der Waals surface area contributed by atoms with Gasteiger partial charge in [0.15, 0.2) is 0 Å². The van der Waals surface area contributed by atoms with Crippen molar-refractivity contribution >= 4 is 10.9 Å². The Morgan fingerprint density at radius 3 is 2.17 bits per heavy atom. The van der Waals surface area contributed by atoms with Crippen molar-refractivity contribution in [1.29, 1.82) is 0 Å². The van der Waals surface area contributed by atoms with Crippen molar-refractivity contribution < 1.29 is 36.2 Å². The van der Waals surface area contributed by atoms with Crippen molar-refractivity contribution in [2.24, 2.45) is 0 Å². The molecular weight excluding hydrogens is 490 g/mol. The molecule has 11 heteroatoms. The molecule has 0 unspecified atom stereocenters. The van der Waals surface area contributed by atoms with E-state index < -0.39 is 29.1 Å². The number of aromatic nitrogens is 2. The average Bonchev–Trinajstić information content (AvgIpc) is 2.83. The highest BCUT2D eigenvalue weighted by molar-refractivity contribution is 5.79. The molecule has 0 radical (unpaired) electrons. The highest BCUT2D eigenvalue weighted by Gasteiger charge is 2.71. The molecule has 4 rings (SSSR count). The van der Waals surface area contributed by atoms with Crippen LogP contribution in [0.5, 0.6) is 5.75 Å². The molecule has 1 aromatic heterocycles. The van der Waals surface area contributed by atoms with Gasteiger partial charge in [0.2, 0.25) is 0 Å². The number of alkyl halides is 6. The third kappa shape index (κ3) is 4.30. The number of fused-ring (bicyclic) bond motifs is 1. The molecule has 0 saturated heterocycles. The van der Waals surface area contributed by atoms with Gasteiger partial charge in [0.25, 0.3) is 11.2 Å². The van der Waals surface area contributed by atoms with Gasteiger partial charge in [-0.1, -0.05) is 42.5 Å². The summed E-state index contributed by atoms with van der Waals surface area (Å²) in [6.07, 6.45) is -12.1. The standard InChI is InChI=1S/C25H18F6N2O3/c1-36-18-10-11-20-19(14-18)22(34)33(21(32-20)12-15-6-3-2-4-7-15)17-9-5-8-16(13-17)23(35,24(26,27)28)25(29,30)31/h2-11,13-14,35H,12H2,1H3. The average molecular weight is 508 g/mol. The predicted octanol–water partition coefficient (Wildman–Crippen LogP) is 5.30. The van der Waals surface area contributed by atoms with Crippen LogP contribution in [-0.2, 0) is 12.0 Å². The molecule has 0 bridgehead atoms. The number of halogens is 6. The van der Waals surface area contributed by atoms with Gasteiger partial charge in [-0.25, -0.2) is 4.98 Å². The van der Waals surface area contributed by atoms with Crippen LogP contribution < -0.4 is 10.3 Å². The molecule has 0 amide bonds. The number of hydrogen-bond acceptors (Lipinski definition) is 4. The second-order valence-electron chi connectivity index (χ2n) is 7.97. The molecular formula is C25H18F6N2O3. The minimum Gasteiger partial charge on any atom is -0.497 e. The first kappa shape index (κ1) is 25.2. The molecule has 4 aromatic rings. The van der Waals surface area contributed by atoms with Crippen LogP contribution in [0.1, 0.15) is 17.0 Å². The summed E-state index contributed by atoms with van der Waals surface area (Å²) in [7, 11) is 1.37. The Bertz CT molecular complexity index is 1450. The van der Waals surface area contributed by atoms with E-state index in [1.807, 2.05) is 0 Å². The zero-order valence-corrected chi connectivity index (χ0v) is 18.6. The van der Waals surface area contributed by atoms with Crippen LogP contribution in [0, 0.1) is 0 Å². The Kier molecular flexibility index (Phi) is 6.29. The summed E-state index contributed by atoms with van der Waals surface area (Å²) in [5.41, 5.74) is -6.72. The predicted molar refractivity (Wildman–Crippen MR) is 119 cm³/mol. The fraction of sp³-hybridized carbons (Fsp3) is 0.200. The molecule has 0 aliphatic heterocycles. The summed E-state index contributed by atoms with van der Waals surface area (Å²) in [6.45, 7) is 0. The smallest absolute Gasteiger partial charge is 0.430 e. The molecule has 0 fully saturated rings. The highest BCUT2D eigenvalue weighted by Crippen LogP contribution is 2.50. The molecule has 0 aliphatic rings. The molecule has 0 saturated carbocycles. The lowest BCUT2D eigenvalue weighted by Crippen LogP contribution is -2.54. The molecule has 0 spiro atoms. The lowest BCUT2D eigenvalue weighted by atomic mass is 9.92. The Balaban J connectivity index is 2.00. The van der Waals surface area contributed by atoms with Crippen LogP contribution in [-0.4, -0.2) is 34.1 Å². The Hall–Kier alpha value is -3.86. The van der Waals surface area contributed by atoms with E-state index >= 15 is 0 Å². The van der Waals surface area contributed by atoms with Crippen LogP contribution in [0.4, 0.5) is 26.3 Å². The van der Waals surface area contributed by atoms with Gasteiger partial charge in [0.05, 0.1) is 23.7 Å². The summed E-state index contributed by atoms with van der Waals surface area (Å²) in [6, 6.07) is 16.2. The van der Waals surface area contributed by atoms with Gasteiger partial charge < -0.3 is 9.84 Å². The molecule has 1 heterocycles. The molecule has 188 valence electrons. The number of rotatable bonds is 5. The zero-order valence-electron chi connectivity index (χ0n) is 18.6. The van der Waals surface area contributed by atoms with E-state index in [1.165, 1.54) is 25.3 Å². The first-order valence-corrected chi connectivity index (χ1v) is 10.5. The summed E-state index contributed by atoms with van der Waals surface area (Å²) in [4.78, 5) is 18.0. The summed E-state index contributed by atoms with van der Waals surface area (Å²) >= 11 is 0. The zero-order chi connectivity index (χ0) is 26.3. The van der Waals surface area contributed by atoms with Crippen molar-refractivity contribution in [1.82, 2.24) is 9.55 Å². The number of methoxy groups -OCH3 is 1. The lowest BCUT2D eigenvalue weighted by Gasteiger charge is -2.33. The molecule has 0 atom stereocenters. The molecule has 3 aromatic carbocycles. The Morgan fingerprint density at radius 1 is 0.889 bits per heavy atom. The third-order valence-corrected chi connectivity index (χ3v) is 5.69. The number of aliphatic hydroxyl groups is 1. The maximum Gasteiger partial charge on any atom is 0.430 e. The molecule has 36 heavy (non-hydrogen) atoms. The van der Waals surface area contributed by atoms with Crippen LogP contribution >= 0.6 is 0 Å². The maximum absolute atomic E-state index is 13.5. The van der Waals surface area contributed by atoms with Crippen molar-refractivity contribution in [3.63, 3.8) is 0 Å².